The third-order valence-electron chi connectivity index (χ3n) is 3.44. The highest BCUT2D eigenvalue weighted by Crippen LogP contribution is 2.30. The van der Waals surface area contributed by atoms with Crippen LogP contribution in [0, 0.1) is 0 Å². The van der Waals surface area contributed by atoms with E-state index in [1.807, 2.05) is 0 Å². The molecule has 0 saturated heterocycles. The van der Waals surface area contributed by atoms with Crippen LogP contribution in [0.4, 0.5) is 0 Å². The number of hydrogen-bond donors (Lipinski definition) is 2. The standard InChI is InChI=1S/C13H21BrN2S2/c14-12-6-7-17-13(12)8-10(16-15)9-18-11-4-2-1-3-5-11/h6-7,10-11,16H,1-5,8-9,15H2. The third kappa shape index (κ3) is 4.53. The largest absolute Gasteiger partial charge is 0.271 e. The van der Waals surface area contributed by atoms with E-state index in [1.54, 1.807) is 11.3 Å². The Morgan fingerprint density at radius 2 is 2.22 bits per heavy atom. The smallest absolute Gasteiger partial charge is 0.0349 e. The molecule has 1 unspecified atom stereocenters. The highest BCUT2D eigenvalue weighted by Gasteiger charge is 2.17. The van der Waals surface area contributed by atoms with Crippen molar-refractivity contribution in [2.75, 3.05) is 5.75 Å². The number of nitrogens with two attached hydrogens (primary N) is 1. The number of nitrogens with one attached hydrogen (secondary N) is 1. The van der Waals surface area contributed by atoms with Gasteiger partial charge in [0.1, 0.15) is 0 Å². The maximum atomic E-state index is 5.68. The molecule has 2 nitrogen and oxygen atoms in total. The lowest BCUT2D eigenvalue weighted by Gasteiger charge is -2.23. The van der Waals surface area contributed by atoms with Crippen molar-refractivity contribution in [3.63, 3.8) is 0 Å². The van der Waals surface area contributed by atoms with Gasteiger partial charge in [-0.1, -0.05) is 19.3 Å². The second-order valence-corrected chi connectivity index (χ2v) is 8.04. The van der Waals surface area contributed by atoms with Gasteiger partial charge in [0, 0.05) is 32.8 Å². The summed E-state index contributed by atoms with van der Waals surface area (Å²) < 4.78 is 1.22. The predicted molar refractivity (Wildman–Crippen MR) is 86.2 cm³/mol. The zero-order chi connectivity index (χ0) is 12.8. The molecule has 0 aromatic carbocycles. The van der Waals surface area contributed by atoms with Crippen molar-refractivity contribution in [1.82, 2.24) is 5.43 Å². The van der Waals surface area contributed by atoms with Gasteiger partial charge in [-0.3, -0.25) is 11.3 Å². The fourth-order valence-corrected chi connectivity index (χ4v) is 5.33. The van der Waals surface area contributed by atoms with Gasteiger partial charge in [0.05, 0.1) is 0 Å². The van der Waals surface area contributed by atoms with Crippen molar-refractivity contribution >= 4 is 39.0 Å². The van der Waals surface area contributed by atoms with Gasteiger partial charge in [0.15, 0.2) is 0 Å². The minimum absolute atomic E-state index is 0.381. The third-order valence-corrected chi connectivity index (χ3v) is 6.93. The van der Waals surface area contributed by atoms with E-state index in [2.05, 4.69) is 44.6 Å². The molecule has 1 saturated carbocycles. The van der Waals surface area contributed by atoms with E-state index in [0.29, 0.717) is 6.04 Å². The predicted octanol–water partition coefficient (Wildman–Crippen LogP) is 3.95. The van der Waals surface area contributed by atoms with E-state index < -0.39 is 0 Å². The lowest BCUT2D eigenvalue weighted by atomic mass is 10.0. The van der Waals surface area contributed by atoms with Gasteiger partial charge in [0.2, 0.25) is 0 Å². The van der Waals surface area contributed by atoms with Crippen LogP contribution in [0.25, 0.3) is 0 Å². The Morgan fingerprint density at radius 3 is 2.83 bits per heavy atom. The molecule has 1 atom stereocenters. The Labute approximate surface area is 126 Å². The van der Waals surface area contributed by atoms with Crippen LogP contribution in [0.1, 0.15) is 37.0 Å². The van der Waals surface area contributed by atoms with E-state index in [9.17, 15) is 0 Å². The molecule has 5 heteroatoms. The van der Waals surface area contributed by atoms with Crippen LogP contribution in [0.2, 0.25) is 0 Å². The number of thiophene rings is 1. The van der Waals surface area contributed by atoms with Gasteiger partial charge in [-0.15, -0.1) is 11.3 Å². The molecule has 1 aliphatic rings. The number of hydrazine groups is 1. The first-order valence-electron chi connectivity index (χ1n) is 6.59. The molecule has 0 amide bonds. The maximum Gasteiger partial charge on any atom is 0.0349 e. The van der Waals surface area contributed by atoms with Gasteiger partial charge < -0.3 is 0 Å². The molecule has 1 fully saturated rings. The molecular weight excluding hydrogens is 328 g/mol. The van der Waals surface area contributed by atoms with Crippen LogP contribution in [0.15, 0.2) is 15.9 Å². The first-order valence-corrected chi connectivity index (χ1v) is 9.31. The minimum Gasteiger partial charge on any atom is -0.271 e. The Morgan fingerprint density at radius 1 is 1.44 bits per heavy atom. The number of rotatable bonds is 6. The molecule has 3 N–H and O–H groups in total. The van der Waals surface area contributed by atoms with E-state index in [-0.39, 0.29) is 0 Å². The molecule has 2 rings (SSSR count). The SMILES string of the molecule is NNC(CSC1CCCCC1)Cc1sccc1Br. The van der Waals surface area contributed by atoms with Crippen molar-refractivity contribution in [1.29, 1.82) is 0 Å². The maximum absolute atomic E-state index is 5.68. The summed E-state index contributed by atoms with van der Waals surface area (Å²) in [7, 11) is 0. The average Bonchev–Trinajstić information content (AvgIpc) is 2.81. The fourth-order valence-electron chi connectivity index (χ4n) is 2.34. The molecule has 1 aromatic rings. The first-order chi connectivity index (χ1) is 8.79. The van der Waals surface area contributed by atoms with Gasteiger partial charge in [-0.05, 0) is 40.2 Å². The summed E-state index contributed by atoms with van der Waals surface area (Å²) in [5, 5.41) is 2.99. The fraction of sp³-hybridized carbons (Fsp3) is 0.692. The lowest BCUT2D eigenvalue weighted by Crippen LogP contribution is -2.39. The van der Waals surface area contributed by atoms with E-state index >= 15 is 0 Å². The van der Waals surface area contributed by atoms with Crippen molar-refractivity contribution in [3.05, 3.63) is 20.8 Å². The van der Waals surface area contributed by atoms with Crippen molar-refractivity contribution in [3.8, 4) is 0 Å². The van der Waals surface area contributed by atoms with Crippen LogP contribution in [-0.4, -0.2) is 17.0 Å². The molecule has 102 valence electrons. The summed E-state index contributed by atoms with van der Waals surface area (Å²) in [5.74, 6) is 6.80. The van der Waals surface area contributed by atoms with Gasteiger partial charge in [-0.25, -0.2) is 0 Å². The van der Waals surface area contributed by atoms with Crippen LogP contribution in [0.5, 0.6) is 0 Å². The molecular formula is C13H21BrN2S2. The molecule has 18 heavy (non-hydrogen) atoms. The average molecular weight is 349 g/mol. The highest BCUT2D eigenvalue weighted by atomic mass is 79.9. The Bertz CT molecular complexity index is 351. The molecule has 0 bridgehead atoms. The van der Waals surface area contributed by atoms with Crippen molar-refractivity contribution in [2.24, 2.45) is 5.84 Å². The monoisotopic (exact) mass is 348 g/mol. The van der Waals surface area contributed by atoms with E-state index in [4.69, 9.17) is 5.84 Å². The zero-order valence-electron chi connectivity index (χ0n) is 10.5. The van der Waals surface area contributed by atoms with Crippen molar-refractivity contribution < 1.29 is 0 Å². The lowest BCUT2D eigenvalue weighted by molar-refractivity contribution is 0.513. The summed E-state index contributed by atoms with van der Waals surface area (Å²) in [4.78, 5) is 1.39. The summed E-state index contributed by atoms with van der Waals surface area (Å²) in [6, 6.07) is 2.49. The minimum atomic E-state index is 0.381. The van der Waals surface area contributed by atoms with Crippen LogP contribution in [-0.2, 0) is 6.42 Å². The molecule has 0 spiro atoms. The second-order valence-electron chi connectivity index (χ2n) is 4.85. The second kappa shape index (κ2) is 7.90. The van der Waals surface area contributed by atoms with Crippen LogP contribution in [0.3, 0.4) is 0 Å². The van der Waals surface area contributed by atoms with E-state index in [0.717, 1.165) is 17.4 Å². The first kappa shape index (κ1) is 14.9. The number of hydrogen-bond acceptors (Lipinski definition) is 4. The van der Waals surface area contributed by atoms with Crippen molar-refractivity contribution in [2.45, 2.75) is 49.8 Å². The highest BCUT2D eigenvalue weighted by molar-refractivity contribution is 9.10. The molecule has 1 heterocycles. The zero-order valence-corrected chi connectivity index (χ0v) is 13.7. The van der Waals surface area contributed by atoms with Gasteiger partial charge in [0.25, 0.3) is 0 Å². The van der Waals surface area contributed by atoms with Crippen LogP contribution >= 0.6 is 39.0 Å². The van der Waals surface area contributed by atoms with Crippen LogP contribution < -0.4 is 11.3 Å². The normalized spacial score (nSPS) is 19.0. The summed E-state index contributed by atoms with van der Waals surface area (Å²) in [6.45, 7) is 0. The summed E-state index contributed by atoms with van der Waals surface area (Å²) in [6.07, 6.45) is 8.06. The molecule has 0 radical (unpaired) electrons. The van der Waals surface area contributed by atoms with Gasteiger partial charge >= 0.3 is 0 Å². The number of halogens is 1. The Kier molecular flexibility index (Phi) is 6.52. The summed E-state index contributed by atoms with van der Waals surface area (Å²) in [5.41, 5.74) is 2.97. The molecule has 0 aliphatic heterocycles. The van der Waals surface area contributed by atoms with Gasteiger partial charge in [-0.2, -0.15) is 11.8 Å². The quantitative estimate of drug-likeness (QED) is 0.603. The molecule has 1 aliphatic carbocycles. The topological polar surface area (TPSA) is 38.0 Å². The Balaban J connectivity index is 1.76. The summed E-state index contributed by atoms with van der Waals surface area (Å²) >= 11 is 7.49. The van der Waals surface area contributed by atoms with E-state index in [1.165, 1.54) is 41.5 Å². The number of thioether (sulfide) groups is 1. The Hall–Kier alpha value is 0.450. The molecule has 1 aromatic heterocycles.